The lowest BCUT2D eigenvalue weighted by Crippen LogP contribution is -2.60. The average molecular weight is 718 g/mol. The first-order valence-corrected chi connectivity index (χ1v) is 18.6. The SMILES string of the molecule is CC[C@H]1OC(=O)[C@H](C)[C@@H](O[C@H]2C[C@@](C)(OC)[C@@H](O)[C@H](C)O2)[C@H](C)[C@@H](OC2O[C@H](C)C[C@H](N(C)C)[C@H]2O)[C@@]2(C)C[C@@H](C)C(O)(O2)C(C)C[C@]1(C)O. The third-order valence-corrected chi connectivity index (χ3v) is 12.4. The summed E-state index contributed by atoms with van der Waals surface area (Å²) in [5, 5.41) is 46.5. The molecule has 292 valence electrons. The summed E-state index contributed by atoms with van der Waals surface area (Å²) in [4.78, 5) is 16.1. The van der Waals surface area contributed by atoms with Crippen molar-refractivity contribution in [3.8, 4) is 0 Å². The van der Waals surface area contributed by atoms with Gasteiger partial charge in [0.15, 0.2) is 18.4 Å². The van der Waals surface area contributed by atoms with Crippen molar-refractivity contribution in [3.63, 3.8) is 0 Å². The van der Waals surface area contributed by atoms with Crippen molar-refractivity contribution in [2.24, 2.45) is 23.7 Å². The molecular formula is C37H67NO12. The number of aliphatic hydroxyl groups excluding tert-OH is 2. The number of nitrogens with zero attached hydrogens (tertiary/aromatic N) is 1. The minimum atomic E-state index is -1.66. The molecule has 0 spiro atoms. The Kier molecular flexibility index (Phi) is 12.9. The molecule has 0 aromatic carbocycles. The van der Waals surface area contributed by atoms with Crippen molar-refractivity contribution in [1.82, 2.24) is 4.90 Å². The number of methoxy groups -OCH3 is 1. The highest BCUT2D eigenvalue weighted by atomic mass is 16.7. The first-order chi connectivity index (χ1) is 23.0. The smallest absolute Gasteiger partial charge is 0.311 e. The fourth-order valence-corrected chi connectivity index (χ4v) is 9.22. The fourth-order valence-electron chi connectivity index (χ4n) is 9.22. The number of carbonyl (C=O) groups is 1. The molecule has 4 aliphatic heterocycles. The fraction of sp³-hybridized carbons (Fsp3) is 0.973. The number of hydrogen-bond acceptors (Lipinski definition) is 13. The zero-order valence-corrected chi connectivity index (χ0v) is 32.6. The van der Waals surface area contributed by atoms with Crippen molar-refractivity contribution in [1.29, 1.82) is 0 Å². The van der Waals surface area contributed by atoms with Gasteiger partial charge in [-0.15, -0.1) is 0 Å². The number of carbonyl (C=O) groups excluding carboxylic acids is 1. The molecule has 4 N–H and O–H groups in total. The molecule has 2 bridgehead atoms. The minimum Gasteiger partial charge on any atom is -0.459 e. The predicted octanol–water partition coefficient (Wildman–Crippen LogP) is 2.97. The summed E-state index contributed by atoms with van der Waals surface area (Å²) in [5.74, 6) is -4.71. The summed E-state index contributed by atoms with van der Waals surface area (Å²) in [7, 11) is 5.33. The van der Waals surface area contributed by atoms with Gasteiger partial charge in [-0.1, -0.05) is 27.7 Å². The number of aliphatic hydroxyl groups is 4. The van der Waals surface area contributed by atoms with E-state index in [0.29, 0.717) is 19.3 Å². The number of hydrogen-bond donors (Lipinski definition) is 4. The number of esters is 1. The lowest BCUT2D eigenvalue weighted by Gasteiger charge is -2.49. The van der Waals surface area contributed by atoms with Crippen LogP contribution in [0.4, 0.5) is 0 Å². The van der Waals surface area contributed by atoms with Gasteiger partial charge in [-0.25, -0.2) is 0 Å². The number of rotatable bonds is 7. The number of ether oxygens (including phenoxy) is 7. The maximum absolute atomic E-state index is 14.1. The van der Waals surface area contributed by atoms with Crippen molar-refractivity contribution in [2.45, 2.75) is 185 Å². The number of cyclic esters (lactones) is 1. The van der Waals surface area contributed by atoms with E-state index >= 15 is 0 Å². The Labute approximate surface area is 299 Å². The van der Waals surface area contributed by atoms with Crippen LogP contribution in [0.2, 0.25) is 0 Å². The summed E-state index contributed by atoms with van der Waals surface area (Å²) in [5.41, 5.74) is -3.63. The molecule has 18 atom stereocenters. The van der Waals surface area contributed by atoms with Gasteiger partial charge >= 0.3 is 5.97 Å². The van der Waals surface area contributed by atoms with Gasteiger partial charge in [-0.3, -0.25) is 4.79 Å². The number of likely N-dealkylation sites (N-methyl/N-ethyl adjacent to an activating group) is 1. The molecule has 0 radical (unpaired) electrons. The van der Waals surface area contributed by atoms with Gasteiger partial charge in [0.1, 0.15) is 18.3 Å². The van der Waals surface area contributed by atoms with Crippen LogP contribution in [-0.2, 0) is 38.0 Å². The van der Waals surface area contributed by atoms with Crippen LogP contribution in [0.3, 0.4) is 0 Å². The molecule has 4 fully saturated rings. The summed E-state index contributed by atoms with van der Waals surface area (Å²) in [6.07, 6.45) is -5.82. The first-order valence-electron chi connectivity index (χ1n) is 18.6. The lowest BCUT2D eigenvalue weighted by molar-refractivity contribution is -0.335. The van der Waals surface area contributed by atoms with Gasteiger partial charge in [-0.05, 0) is 81.3 Å². The molecule has 13 nitrogen and oxygen atoms in total. The normalized spacial score (nSPS) is 52.6. The van der Waals surface area contributed by atoms with E-state index in [-0.39, 0.29) is 30.9 Å². The predicted molar refractivity (Wildman–Crippen MR) is 184 cm³/mol. The Morgan fingerprint density at radius 3 is 2.12 bits per heavy atom. The molecule has 0 aromatic heterocycles. The molecule has 3 unspecified atom stereocenters. The van der Waals surface area contributed by atoms with E-state index in [2.05, 4.69) is 0 Å². The molecule has 4 aliphatic rings. The van der Waals surface area contributed by atoms with E-state index in [9.17, 15) is 25.2 Å². The molecule has 4 rings (SSSR count). The quantitative estimate of drug-likeness (QED) is 0.285. The maximum Gasteiger partial charge on any atom is 0.311 e. The van der Waals surface area contributed by atoms with Crippen LogP contribution in [0.15, 0.2) is 0 Å². The van der Waals surface area contributed by atoms with Crippen molar-refractivity contribution < 1.29 is 58.4 Å². The largest absolute Gasteiger partial charge is 0.459 e. The Morgan fingerprint density at radius 2 is 1.54 bits per heavy atom. The van der Waals surface area contributed by atoms with Crippen LogP contribution >= 0.6 is 0 Å². The molecule has 4 saturated heterocycles. The molecule has 0 saturated carbocycles. The highest BCUT2D eigenvalue weighted by molar-refractivity contribution is 5.73. The third kappa shape index (κ3) is 8.08. The van der Waals surface area contributed by atoms with E-state index in [4.69, 9.17) is 33.2 Å². The zero-order valence-electron chi connectivity index (χ0n) is 32.6. The van der Waals surface area contributed by atoms with E-state index in [1.54, 1.807) is 27.7 Å². The molecule has 50 heavy (non-hydrogen) atoms. The van der Waals surface area contributed by atoms with E-state index in [0.717, 1.165) is 0 Å². The summed E-state index contributed by atoms with van der Waals surface area (Å²) in [6.45, 7) is 18.2. The van der Waals surface area contributed by atoms with E-state index in [1.165, 1.54) is 7.11 Å². The first kappa shape index (κ1) is 41.8. The maximum atomic E-state index is 14.1. The van der Waals surface area contributed by atoms with Gasteiger partial charge in [0.05, 0.1) is 47.1 Å². The van der Waals surface area contributed by atoms with Gasteiger partial charge in [-0.2, -0.15) is 0 Å². The van der Waals surface area contributed by atoms with Gasteiger partial charge in [0.25, 0.3) is 0 Å². The van der Waals surface area contributed by atoms with Crippen molar-refractivity contribution in [3.05, 3.63) is 0 Å². The molecule has 4 heterocycles. The highest BCUT2D eigenvalue weighted by Gasteiger charge is 2.61. The summed E-state index contributed by atoms with van der Waals surface area (Å²) >= 11 is 0. The van der Waals surface area contributed by atoms with E-state index < -0.39 is 95.5 Å². The Morgan fingerprint density at radius 1 is 0.920 bits per heavy atom. The van der Waals surface area contributed by atoms with Gasteiger partial charge in [0, 0.05) is 37.3 Å². The van der Waals surface area contributed by atoms with Crippen molar-refractivity contribution in [2.75, 3.05) is 21.2 Å². The van der Waals surface area contributed by atoms with Crippen LogP contribution < -0.4 is 0 Å². The minimum absolute atomic E-state index is 0.100. The van der Waals surface area contributed by atoms with Gasteiger partial charge < -0.3 is 58.5 Å². The zero-order chi connectivity index (χ0) is 37.7. The summed E-state index contributed by atoms with van der Waals surface area (Å²) in [6, 6.07) is -0.244. The van der Waals surface area contributed by atoms with Crippen LogP contribution in [-0.4, -0.2) is 136 Å². The van der Waals surface area contributed by atoms with Crippen molar-refractivity contribution >= 4 is 5.97 Å². The second kappa shape index (κ2) is 15.4. The van der Waals surface area contributed by atoms with Crippen LogP contribution in [0.5, 0.6) is 0 Å². The standard InChI is InChI=1S/C37H67NO12/c1-14-26-34(8,42)16-19(2)37(43)20(3)17-36(10,50-37)31(49-33-28(39)25(38(11)12)15-21(4)45-33)22(5)29(23(6)32(41)47-26)48-27-18-35(9,44-13)30(40)24(7)46-27/h19-31,33,39-40,42-43H,14-18H2,1-13H3/t19?,20-,21-,22+,23-,24+,25+,26-,27+,28-,29+,30+,31-,33?,34+,35-,36-,37?/m1/s1. The molecular weight excluding hydrogens is 650 g/mol. The Balaban J connectivity index is 1.84. The second-order valence-electron chi connectivity index (χ2n) is 16.9. The lowest BCUT2D eigenvalue weighted by atomic mass is 9.76. The average Bonchev–Trinajstić information content (AvgIpc) is 3.28. The van der Waals surface area contributed by atoms with Gasteiger partial charge in [0.2, 0.25) is 0 Å². The summed E-state index contributed by atoms with van der Waals surface area (Å²) < 4.78 is 44.6. The molecule has 0 aromatic rings. The molecule has 0 amide bonds. The monoisotopic (exact) mass is 717 g/mol. The molecule has 13 heteroatoms. The van der Waals surface area contributed by atoms with E-state index in [1.807, 2.05) is 60.5 Å². The highest BCUT2D eigenvalue weighted by Crippen LogP contribution is 2.52. The van der Waals surface area contributed by atoms with Crippen LogP contribution in [0, 0.1) is 23.7 Å². The number of fused-ring (bicyclic) bond motifs is 2. The Bertz CT molecular complexity index is 1160. The second-order valence-corrected chi connectivity index (χ2v) is 16.9. The van der Waals surface area contributed by atoms with Crippen LogP contribution in [0.25, 0.3) is 0 Å². The topological polar surface area (TPSA) is 166 Å². The molecule has 0 aliphatic carbocycles. The third-order valence-electron chi connectivity index (χ3n) is 12.4. The van der Waals surface area contributed by atoms with Crippen LogP contribution in [0.1, 0.15) is 101 Å². The Hall–Kier alpha value is -0.970.